The van der Waals surface area contributed by atoms with Crippen LogP contribution in [0.25, 0.3) is 0 Å². The summed E-state index contributed by atoms with van der Waals surface area (Å²) in [5.74, 6) is 0. The smallest absolute Gasteiger partial charge is 0.267 e. The molecule has 0 fully saturated rings. The first kappa shape index (κ1) is 15.1. The molecule has 6 nitrogen and oxygen atoms in total. The SMILES string of the molecule is CCOS(=O)(=O)c1cccc(S(=O)(=O)OCC)c1. The lowest BCUT2D eigenvalue weighted by Crippen LogP contribution is -2.09. The molecule has 0 amide bonds. The van der Waals surface area contributed by atoms with Crippen LogP contribution in [0.1, 0.15) is 13.8 Å². The second kappa shape index (κ2) is 5.79. The maximum Gasteiger partial charge on any atom is 0.297 e. The fourth-order valence-electron chi connectivity index (χ4n) is 1.23. The topological polar surface area (TPSA) is 86.7 Å². The minimum Gasteiger partial charge on any atom is -0.267 e. The van der Waals surface area contributed by atoms with Gasteiger partial charge in [-0.25, -0.2) is 0 Å². The molecule has 0 unspecified atom stereocenters. The van der Waals surface area contributed by atoms with Crippen LogP contribution in [0.15, 0.2) is 34.1 Å². The predicted molar refractivity (Wildman–Crippen MR) is 64.1 cm³/mol. The van der Waals surface area contributed by atoms with E-state index in [0.29, 0.717) is 0 Å². The van der Waals surface area contributed by atoms with Crippen molar-refractivity contribution in [3.8, 4) is 0 Å². The van der Waals surface area contributed by atoms with Gasteiger partial charge in [0.2, 0.25) is 0 Å². The Balaban J connectivity index is 3.23. The van der Waals surface area contributed by atoms with E-state index in [1.54, 1.807) is 0 Å². The van der Waals surface area contributed by atoms with Crippen LogP contribution >= 0.6 is 0 Å². The number of rotatable bonds is 6. The van der Waals surface area contributed by atoms with Crippen molar-refractivity contribution < 1.29 is 25.2 Å². The van der Waals surface area contributed by atoms with Gasteiger partial charge in [0, 0.05) is 0 Å². The highest BCUT2D eigenvalue weighted by molar-refractivity contribution is 7.87. The van der Waals surface area contributed by atoms with Gasteiger partial charge in [-0.3, -0.25) is 8.37 Å². The van der Waals surface area contributed by atoms with Crippen molar-refractivity contribution in [2.24, 2.45) is 0 Å². The quantitative estimate of drug-likeness (QED) is 0.731. The summed E-state index contributed by atoms with van der Waals surface area (Å²) in [4.78, 5) is -0.435. The van der Waals surface area contributed by atoms with Crippen LogP contribution in [0.4, 0.5) is 0 Å². The molecule has 0 radical (unpaired) electrons. The lowest BCUT2D eigenvalue weighted by atomic mass is 10.4. The van der Waals surface area contributed by atoms with E-state index >= 15 is 0 Å². The molecular weight excluding hydrogens is 280 g/mol. The summed E-state index contributed by atoms with van der Waals surface area (Å²) in [6, 6.07) is 4.85. The maximum atomic E-state index is 11.6. The van der Waals surface area contributed by atoms with Gasteiger partial charge in [-0.2, -0.15) is 16.8 Å². The highest BCUT2D eigenvalue weighted by atomic mass is 32.2. The molecule has 0 heterocycles. The van der Waals surface area contributed by atoms with Gasteiger partial charge in [0.25, 0.3) is 20.2 Å². The van der Waals surface area contributed by atoms with Gasteiger partial charge in [0.1, 0.15) is 0 Å². The van der Waals surface area contributed by atoms with Crippen LogP contribution in [0, 0.1) is 0 Å². The molecule has 0 aliphatic rings. The Kier molecular flexibility index (Phi) is 4.85. The summed E-state index contributed by atoms with van der Waals surface area (Å²) in [7, 11) is -7.86. The molecule has 0 saturated carbocycles. The lowest BCUT2D eigenvalue weighted by molar-refractivity contribution is 0.336. The fourth-order valence-corrected chi connectivity index (χ4v) is 3.23. The van der Waals surface area contributed by atoms with Gasteiger partial charge in [-0.15, -0.1) is 0 Å². The largest absolute Gasteiger partial charge is 0.297 e. The molecule has 0 bridgehead atoms. The average molecular weight is 294 g/mol. The Morgan fingerprint density at radius 2 is 1.28 bits per heavy atom. The second-order valence-electron chi connectivity index (χ2n) is 3.20. The van der Waals surface area contributed by atoms with E-state index in [-0.39, 0.29) is 23.0 Å². The van der Waals surface area contributed by atoms with Crippen molar-refractivity contribution in [3.05, 3.63) is 24.3 Å². The zero-order chi connectivity index (χ0) is 13.8. The van der Waals surface area contributed by atoms with Crippen LogP contribution in [-0.4, -0.2) is 30.0 Å². The summed E-state index contributed by atoms with van der Waals surface area (Å²) in [6.07, 6.45) is 0. The molecule has 0 N–H and O–H groups in total. The molecule has 0 atom stereocenters. The second-order valence-corrected chi connectivity index (χ2v) is 6.43. The van der Waals surface area contributed by atoms with Crippen molar-refractivity contribution in [3.63, 3.8) is 0 Å². The minimum absolute atomic E-state index is 0.0230. The summed E-state index contributed by atoms with van der Waals surface area (Å²) in [5, 5.41) is 0. The first-order chi connectivity index (χ1) is 8.33. The third kappa shape index (κ3) is 3.52. The highest BCUT2D eigenvalue weighted by Crippen LogP contribution is 2.19. The number of hydrogen-bond acceptors (Lipinski definition) is 6. The Morgan fingerprint density at radius 3 is 1.61 bits per heavy atom. The van der Waals surface area contributed by atoms with Gasteiger partial charge >= 0.3 is 0 Å². The van der Waals surface area contributed by atoms with Crippen LogP contribution in [-0.2, 0) is 28.6 Å². The van der Waals surface area contributed by atoms with E-state index in [4.69, 9.17) is 0 Å². The normalized spacial score (nSPS) is 12.6. The standard InChI is InChI=1S/C10H14O6S2/c1-3-15-17(11,12)9-6-5-7-10(8-9)18(13,14)16-4-2/h5-8H,3-4H2,1-2H3. The Morgan fingerprint density at radius 1 is 0.889 bits per heavy atom. The molecule has 1 rings (SSSR count). The molecule has 1 aromatic rings. The van der Waals surface area contributed by atoms with E-state index < -0.39 is 20.2 Å². The minimum atomic E-state index is -3.93. The zero-order valence-electron chi connectivity index (χ0n) is 9.99. The molecular formula is C10H14O6S2. The Bertz CT molecular complexity index is 552. The van der Waals surface area contributed by atoms with Gasteiger partial charge in [0.05, 0.1) is 23.0 Å². The van der Waals surface area contributed by atoms with Gasteiger partial charge < -0.3 is 0 Å². The van der Waals surface area contributed by atoms with Crippen LogP contribution < -0.4 is 0 Å². The van der Waals surface area contributed by atoms with E-state index in [0.717, 1.165) is 6.07 Å². The van der Waals surface area contributed by atoms with E-state index in [1.165, 1.54) is 32.0 Å². The molecule has 8 heteroatoms. The number of benzene rings is 1. The van der Waals surface area contributed by atoms with Crippen LogP contribution in [0.2, 0.25) is 0 Å². The average Bonchev–Trinajstić information content (AvgIpc) is 2.29. The Hall–Kier alpha value is -0.960. The summed E-state index contributed by atoms with van der Waals surface area (Å²) in [6.45, 7) is 3.01. The fraction of sp³-hybridized carbons (Fsp3) is 0.400. The third-order valence-electron chi connectivity index (χ3n) is 1.93. The molecule has 0 saturated heterocycles. The van der Waals surface area contributed by atoms with Crippen molar-refractivity contribution >= 4 is 20.2 Å². The summed E-state index contributed by atoms with van der Waals surface area (Å²) < 4.78 is 55.6. The molecule has 1 aromatic carbocycles. The van der Waals surface area contributed by atoms with Gasteiger partial charge in [0.15, 0.2) is 0 Å². The first-order valence-electron chi connectivity index (χ1n) is 5.22. The van der Waals surface area contributed by atoms with Crippen molar-refractivity contribution in [2.45, 2.75) is 23.6 Å². The van der Waals surface area contributed by atoms with Gasteiger partial charge in [-0.1, -0.05) is 6.07 Å². The van der Waals surface area contributed by atoms with Crippen molar-refractivity contribution in [1.82, 2.24) is 0 Å². The summed E-state index contributed by atoms with van der Waals surface area (Å²) >= 11 is 0. The van der Waals surface area contributed by atoms with E-state index in [9.17, 15) is 16.8 Å². The molecule has 0 spiro atoms. The molecule has 0 aromatic heterocycles. The van der Waals surface area contributed by atoms with Crippen LogP contribution in [0.5, 0.6) is 0 Å². The highest BCUT2D eigenvalue weighted by Gasteiger charge is 2.20. The molecule has 102 valence electrons. The Labute approximate surface area is 107 Å². The monoisotopic (exact) mass is 294 g/mol. The number of hydrogen-bond donors (Lipinski definition) is 0. The predicted octanol–water partition coefficient (Wildman–Crippen LogP) is 1.14. The maximum absolute atomic E-state index is 11.6. The third-order valence-corrected chi connectivity index (χ3v) is 4.68. The van der Waals surface area contributed by atoms with Crippen LogP contribution in [0.3, 0.4) is 0 Å². The lowest BCUT2D eigenvalue weighted by Gasteiger charge is -2.06. The van der Waals surface area contributed by atoms with Crippen molar-refractivity contribution in [2.75, 3.05) is 13.2 Å². The van der Waals surface area contributed by atoms with E-state index in [2.05, 4.69) is 8.37 Å². The van der Waals surface area contributed by atoms with Crippen molar-refractivity contribution in [1.29, 1.82) is 0 Å². The van der Waals surface area contributed by atoms with Gasteiger partial charge in [-0.05, 0) is 32.0 Å². The summed E-state index contributed by atoms with van der Waals surface area (Å²) in [5.41, 5.74) is 0. The molecule has 0 aliphatic carbocycles. The zero-order valence-corrected chi connectivity index (χ0v) is 11.6. The first-order valence-corrected chi connectivity index (χ1v) is 8.04. The molecule has 0 aliphatic heterocycles. The van der Waals surface area contributed by atoms with E-state index in [1.807, 2.05) is 0 Å². The molecule has 18 heavy (non-hydrogen) atoms.